The van der Waals surface area contributed by atoms with Crippen molar-refractivity contribution >= 4 is 0 Å². The van der Waals surface area contributed by atoms with E-state index in [0.29, 0.717) is 6.04 Å². The average Bonchev–Trinajstić information content (AvgIpc) is 2.64. The third kappa shape index (κ3) is 1.87. The van der Waals surface area contributed by atoms with Crippen LogP contribution < -0.4 is 5.32 Å². The standard InChI is InChI=1S/C12H20N4/c1-16-6-5-13-11(8-16)12-14-7-10(15-12)9-3-2-4-9/h7,9,11,13H,2-6,8H2,1H3,(H,14,15). The number of hydrogen-bond donors (Lipinski definition) is 2. The zero-order valence-electron chi connectivity index (χ0n) is 9.87. The monoisotopic (exact) mass is 220 g/mol. The van der Waals surface area contributed by atoms with Crippen molar-refractivity contribution in [3.8, 4) is 0 Å². The summed E-state index contributed by atoms with van der Waals surface area (Å²) in [4.78, 5) is 10.4. The number of nitrogens with one attached hydrogen (secondary N) is 2. The fourth-order valence-corrected chi connectivity index (χ4v) is 2.54. The average molecular weight is 220 g/mol. The Bertz CT molecular complexity index is 356. The highest BCUT2D eigenvalue weighted by atomic mass is 15.2. The van der Waals surface area contributed by atoms with Gasteiger partial charge in [0.25, 0.3) is 0 Å². The summed E-state index contributed by atoms with van der Waals surface area (Å²) < 4.78 is 0. The van der Waals surface area contributed by atoms with Gasteiger partial charge in [-0.05, 0) is 19.9 Å². The van der Waals surface area contributed by atoms with Crippen LogP contribution in [0.15, 0.2) is 6.20 Å². The molecule has 1 aliphatic carbocycles. The second-order valence-electron chi connectivity index (χ2n) is 5.12. The number of H-pyrrole nitrogens is 1. The molecule has 16 heavy (non-hydrogen) atoms. The first kappa shape index (κ1) is 10.3. The minimum Gasteiger partial charge on any atom is -0.344 e. The summed E-state index contributed by atoms with van der Waals surface area (Å²) in [5.41, 5.74) is 1.34. The SMILES string of the molecule is CN1CCNC(c2ncc(C3CCC3)[nH]2)C1. The van der Waals surface area contributed by atoms with E-state index in [9.17, 15) is 0 Å². The fourth-order valence-electron chi connectivity index (χ4n) is 2.54. The Morgan fingerprint density at radius 1 is 1.44 bits per heavy atom. The van der Waals surface area contributed by atoms with Crippen molar-refractivity contribution in [1.29, 1.82) is 0 Å². The maximum Gasteiger partial charge on any atom is 0.124 e. The summed E-state index contributed by atoms with van der Waals surface area (Å²) in [6.07, 6.45) is 6.08. The highest BCUT2D eigenvalue weighted by Gasteiger charge is 2.24. The highest BCUT2D eigenvalue weighted by Crippen LogP contribution is 2.35. The molecule has 1 aromatic rings. The number of imidazole rings is 1. The largest absolute Gasteiger partial charge is 0.344 e. The molecule has 2 aliphatic rings. The Kier molecular flexibility index (Phi) is 2.69. The van der Waals surface area contributed by atoms with Gasteiger partial charge in [0, 0.05) is 37.4 Å². The minimum absolute atomic E-state index is 0.382. The molecule has 1 unspecified atom stereocenters. The summed E-state index contributed by atoms with van der Waals surface area (Å²) >= 11 is 0. The van der Waals surface area contributed by atoms with Crippen LogP contribution in [0.2, 0.25) is 0 Å². The fraction of sp³-hybridized carbons (Fsp3) is 0.750. The van der Waals surface area contributed by atoms with E-state index in [2.05, 4.69) is 27.2 Å². The number of likely N-dealkylation sites (N-methyl/N-ethyl adjacent to an activating group) is 1. The van der Waals surface area contributed by atoms with Crippen molar-refractivity contribution in [2.75, 3.05) is 26.7 Å². The van der Waals surface area contributed by atoms with Crippen LogP contribution in [0.5, 0.6) is 0 Å². The molecule has 2 fully saturated rings. The smallest absolute Gasteiger partial charge is 0.124 e. The first-order valence-corrected chi connectivity index (χ1v) is 6.29. The lowest BCUT2D eigenvalue weighted by molar-refractivity contribution is 0.235. The molecular formula is C12H20N4. The molecule has 3 rings (SSSR count). The molecule has 0 spiro atoms. The molecule has 88 valence electrons. The van der Waals surface area contributed by atoms with E-state index in [1.807, 2.05) is 6.20 Å². The van der Waals surface area contributed by atoms with E-state index in [1.54, 1.807) is 0 Å². The molecule has 4 nitrogen and oxygen atoms in total. The van der Waals surface area contributed by atoms with Crippen molar-refractivity contribution in [3.05, 3.63) is 17.7 Å². The predicted octanol–water partition coefficient (Wildman–Crippen LogP) is 1.25. The summed E-state index contributed by atoms with van der Waals surface area (Å²) in [6.45, 7) is 3.24. The quantitative estimate of drug-likeness (QED) is 0.788. The maximum absolute atomic E-state index is 4.53. The second kappa shape index (κ2) is 4.18. The van der Waals surface area contributed by atoms with E-state index < -0.39 is 0 Å². The third-order valence-corrected chi connectivity index (χ3v) is 3.87. The number of hydrogen-bond acceptors (Lipinski definition) is 3. The van der Waals surface area contributed by atoms with Gasteiger partial charge in [0.1, 0.15) is 5.82 Å². The summed E-state index contributed by atoms with van der Waals surface area (Å²) in [5.74, 6) is 1.87. The number of rotatable bonds is 2. The Hall–Kier alpha value is -0.870. The molecule has 2 heterocycles. The van der Waals surface area contributed by atoms with Gasteiger partial charge in [0.15, 0.2) is 0 Å². The van der Waals surface area contributed by atoms with E-state index in [-0.39, 0.29) is 0 Å². The van der Waals surface area contributed by atoms with Gasteiger partial charge in [0.2, 0.25) is 0 Å². The molecule has 1 saturated carbocycles. The van der Waals surface area contributed by atoms with E-state index in [0.717, 1.165) is 31.4 Å². The van der Waals surface area contributed by atoms with Crippen LogP contribution in [-0.2, 0) is 0 Å². The Labute approximate surface area is 96.4 Å². The van der Waals surface area contributed by atoms with E-state index >= 15 is 0 Å². The van der Waals surface area contributed by atoms with Gasteiger partial charge in [-0.25, -0.2) is 4.98 Å². The minimum atomic E-state index is 0.382. The Balaban J connectivity index is 1.70. The molecule has 1 aliphatic heterocycles. The zero-order chi connectivity index (χ0) is 11.0. The number of nitrogens with zero attached hydrogens (tertiary/aromatic N) is 2. The Morgan fingerprint density at radius 3 is 3.00 bits per heavy atom. The molecule has 2 N–H and O–H groups in total. The van der Waals surface area contributed by atoms with Gasteiger partial charge in [-0.1, -0.05) is 6.42 Å². The second-order valence-corrected chi connectivity index (χ2v) is 5.12. The van der Waals surface area contributed by atoms with Gasteiger partial charge < -0.3 is 15.2 Å². The van der Waals surface area contributed by atoms with E-state index in [4.69, 9.17) is 0 Å². The molecule has 0 bridgehead atoms. The van der Waals surface area contributed by atoms with Crippen LogP contribution in [0.3, 0.4) is 0 Å². The number of aromatic amines is 1. The van der Waals surface area contributed by atoms with E-state index in [1.165, 1.54) is 25.0 Å². The Morgan fingerprint density at radius 2 is 2.31 bits per heavy atom. The maximum atomic E-state index is 4.53. The van der Waals surface area contributed by atoms with Crippen molar-refractivity contribution in [2.45, 2.75) is 31.2 Å². The van der Waals surface area contributed by atoms with Crippen LogP contribution in [0.4, 0.5) is 0 Å². The van der Waals surface area contributed by atoms with Gasteiger partial charge in [-0.3, -0.25) is 0 Å². The van der Waals surface area contributed by atoms with Crippen LogP contribution in [0.25, 0.3) is 0 Å². The zero-order valence-corrected chi connectivity index (χ0v) is 9.87. The van der Waals surface area contributed by atoms with Crippen molar-refractivity contribution in [3.63, 3.8) is 0 Å². The topological polar surface area (TPSA) is 44.0 Å². The molecule has 4 heteroatoms. The van der Waals surface area contributed by atoms with Gasteiger partial charge in [-0.15, -0.1) is 0 Å². The van der Waals surface area contributed by atoms with Crippen LogP contribution in [0.1, 0.15) is 42.7 Å². The molecule has 1 saturated heterocycles. The van der Waals surface area contributed by atoms with Crippen LogP contribution in [-0.4, -0.2) is 41.5 Å². The summed E-state index contributed by atoms with van der Waals surface area (Å²) in [7, 11) is 2.17. The first-order valence-electron chi connectivity index (χ1n) is 6.29. The lowest BCUT2D eigenvalue weighted by Gasteiger charge is -2.29. The first-order chi connectivity index (χ1) is 7.83. The van der Waals surface area contributed by atoms with Crippen molar-refractivity contribution < 1.29 is 0 Å². The van der Waals surface area contributed by atoms with Gasteiger partial charge in [0.05, 0.1) is 6.04 Å². The van der Waals surface area contributed by atoms with Crippen molar-refractivity contribution in [2.24, 2.45) is 0 Å². The number of aromatic nitrogens is 2. The third-order valence-electron chi connectivity index (χ3n) is 3.87. The molecule has 0 radical (unpaired) electrons. The molecule has 1 atom stereocenters. The molecular weight excluding hydrogens is 200 g/mol. The normalized spacial score (nSPS) is 27.9. The summed E-state index contributed by atoms with van der Waals surface area (Å²) in [5, 5.41) is 3.52. The lowest BCUT2D eigenvalue weighted by atomic mass is 9.83. The number of piperazine rings is 1. The molecule has 1 aromatic heterocycles. The summed E-state index contributed by atoms with van der Waals surface area (Å²) in [6, 6.07) is 0.382. The van der Waals surface area contributed by atoms with Crippen molar-refractivity contribution in [1.82, 2.24) is 20.2 Å². The highest BCUT2D eigenvalue weighted by molar-refractivity contribution is 5.12. The molecule has 0 amide bonds. The lowest BCUT2D eigenvalue weighted by Crippen LogP contribution is -2.44. The van der Waals surface area contributed by atoms with Crippen LogP contribution >= 0.6 is 0 Å². The van der Waals surface area contributed by atoms with Crippen LogP contribution in [0, 0.1) is 0 Å². The van der Waals surface area contributed by atoms with Gasteiger partial charge >= 0.3 is 0 Å². The predicted molar refractivity (Wildman–Crippen MR) is 63.4 cm³/mol. The molecule has 0 aromatic carbocycles. The van der Waals surface area contributed by atoms with Gasteiger partial charge in [-0.2, -0.15) is 0 Å².